The van der Waals surface area contributed by atoms with Gasteiger partial charge in [0.25, 0.3) is 5.91 Å². The van der Waals surface area contributed by atoms with Crippen molar-refractivity contribution in [2.45, 2.75) is 24.8 Å². The highest BCUT2D eigenvalue weighted by Gasteiger charge is 2.39. The fourth-order valence-electron chi connectivity index (χ4n) is 3.18. The first kappa shape index (κ1) is 25.4. The zero-order valence-corrected chi connectivity index (χ0v) is 17.7. The first-order chi connectivity index (χ1) is 15.6. The predicted octanol–water partition coefficient (Wildman–Crippen LogP) is 6.74. The van der Waals surface area contributed by atoms with Crippen LogP contribution in [0.25, 0.3) is 0 Å². The Labute approximate surface area is 192 Å². The minimum atomic E-state index is -5.11. The fraction of sp³-hybridized carbons (Fsp3) is 0.182. The van der Waals surface area contributed by atoms with Crippen molar-refractivity contribution >= 4 is 17.5 Å². The Morgan fingerprint density at radius 3 is 2.09 bits per heavy atom. The van der Waals surface area contributed by atoms with E-state index in [0.717, 1.165) is 18.3 Å². The number of nitrogens with zero attached hydrogens (tertiary/aromatic N) is 1. The van der Waals surface area contributed by atoms with Gasteiger partial charge >= 0.3 is 12.4 Å². The number of carbonyl (C=O) groups excluding carboxylic acids is 1. The molecule has 3 rings (SSSR count). The molecule has 180 valence electrons. The van der Waals surface area contributed by atoms with Crippen LogP contribution < -0.4 is 5.32 Å². The zero-order valence-electron chi connectivity index (χ0n) is 17.0. The topological polar surface area (TPSA) is 42.0 Å². The number of amides is 1. The van der Waals surface area contributed by atoms with Gasteiger partial charge in [0.15, 0.2) is 0 Å². The molecule has 0 saturated carbocycles. The van der Waals surface area contributed by atoms with Gasteiger partial charge in [-0.25, -0.2) is 8.78 Å². The minimum Gasteiger partial charge on any atom is -0.337 e. The van der Waals surface area contributed by atoms with E-state index >= 15 is 0 Å². The third-order valence-electron chi connectivity index (χ3n) is 4.94. The Bertz CT molecular complexity index is 1230. The molecule has 0 aliphatic heterocycles. The number of benzene rings is 2. The van der Waals surface area contributed by atoms with E-state index in [1.165, 1.54) is 19.1 Å². The largest absolute Gasteiger partial charge is 0.419 e. The normalized spacial score (nSPS) is 13.9. The minimum absolute atomic E-state index is 0.0952. The molecule has 1 amide bonds. The van der Waals surface area contributed by atoms with Crippen LogP contribution in [0.4, 0.5) is 35.1 Å². The number of alkyl halides is 6. The highest BCUT2D eigenvalue weighted by Crippen LogP contribution is 2.36. The van der Waals surface area contributed by atoms with Crippen LogP contribution in [-0.2, 0) is 17.9 Å². The van der Waals surface area contributed by atoms with Crippen molar-refractivity contribution in [2.75, 3.05) is 0 Å². The number of rotatable bonds is 4. The Balaban J connectivity index is 2.15. The third-order valence-corrected chi connectivity index (χ3v) is 5.16. The highest BCUT2D eigenvalue weighted by atomic mass is 35.5. The van der Waals surface area contributed by atoms with E-state index in [9.17, 15) is 39.9 Å². The van der Waals surface area contributed by atoms with Gasteiger partial charge in [-0.15, -0.1) is 0 Å². The summed E-state index contributed by atoms with van der Waals surface area (Å²) < 4.78 is 107. The van der Waals surface area contributed by atoms with E-state index in [-0.39, 0.29) is 22.8 Å². The van der Waals surface area contributed by atoms with E-state index in [1.807, 2.05) is 0 Å². The van der Waals surface area contributed by atoms with Crippen molar-refractivity contribution in [1.29, 1.82) is 0 Å². The number of pyridine rings is 1. The number of aromatic nitrogens is 1. The number of nitrogens with one attached hydrogen (secondary N) is 1. The maximum absolute atomic E-state index is 14.1. The lowest BCUT2D eigenvalue weighted by molar-refractivity contribution is -0.140. The number of halogens is 9. The quantitative estimate of drug-likeness (QED) is 0.396. The SMILES string of the molecule is CC(NC(=O)c1ccc(F)c(C(F)(F)F)c1)(c1cc(F)cc(C(F)(F)F)c1)c1ccc(Cl)cn1. The molecule has 0 saturated heterocycles. The van der Waals surface area contributed by atoms with Crippen LogP contribution in [0, 0.1) is 11.6 Å². The summed E-state index contributed by atoms with van der Waals surface area (Å²) in [6, 6.07) is 5.54. The van der Waals surface area contributed by atoms with Crippen molar-refractivity contribution in [3.63, 3.8) is 0 Å². The molecule has 0 aliphatic carbocycles. The Morgan fingerprint density at radius 1 is 0.882 bits per heavy atom. The van der Waals surface area contributed by atoms with E-state index in [2.05, 4.69) is 10.3 Å². The second-order valence-electron chi connectivity index (χ2n) is 7.36. The van der Waals surface area contributed by atoms with Gasteiger partial charge in [0.1, 0.15) is 17.2 Å². The maximum atomic E-state index is 14.1. The van der Waals surface area contributed by atoms with Crippen LogP contribution in [-0.4, -0.2) is 10.9 Å². The molecule has 3 aromatic rings. The fourth-order valence-corrected chi connectivity index (χ4v) is 3.29. The van der Waals surface area contributed by atoms with Crippen LogP contribution in [0.3, 0.4) is 0 Å². The molecule has 1 aromatic heterocycles. The van der Waals surface area contributed by atoms with Crippen molar-refractivity contribution in [3.8, 4) is 0 Å². The van der Waals surface area contributed by atoms with Crippen LogP contribution in [0.5, 0.6) is 0 Å². The third kappa shape index (κ3) is 5.30. The highest BCUT2D eigenvalue weighted by molar-refractivity contribution is 6.30. The van der Waals surface area contributed by atoms with Crippen molar-refractivity contribution in [3.05, 3.63) is 99.3 Å². The van der Waals surface area contributed by atoms with Gasteiger partial charge in [0, 0.05) is 11.8 Å². The molecule has 3 nitrogen and oxygen atoms in total. The number of carbonyl (C=O) groups is 1. The summed E-state index contributed by atoms with van der Waals surface area (Å²) in [6.45, 7) is 1.18. The Hall–Kier alpha value is -3.21. The van der Waals surface area contributed by atoms with Gasteiger partial charge < -0.3 is 5.32 Å². The standard InChI is InChI=1S/C22H13ClF8N2O/c1-20(18-5-3-14(23)10-32-18,12-7-13(21(26,27)28)9-15(24)8-12)33-19(34)11-2-4-17(25)16(6-11)22(29,30)31/h2-10H,1H3,(H,33,34). The van der Waals surface area contributed by atoms with Crippen molar-refractivity contribution in [2.24, 2.45) is 0 Å². The second kappa shape index (κ2) is 8.86. The maximum Gasteiger partial charge on any atom is 0.419 e. The van der Waals surface area contributed by atoms with Crippen molar-refractivity contribution in [1.82, 2.24) is 10.3 Å². The number of hydrogen-bond acceptors (Lipinski definition) is 2. The molecular weight excluding hydrogens is 496 g/mol. The molecule has 1 atom stereocenters. The first-order valence-electron chi connectivity index (χ1n) is 9.31. The molecule has 0 bridgehead atoms. The molecular formula is C22H13ClF8N2O. The van der Waals surface area contributed by atoms with Gasteiger partial charge in [-0.1, -0.05) is 11.6 Å². The van der Waals surface area contributed by atoms with Gasteiger partial charge in [-0.05, 0) is 61.0 Å². The van der Waals surface area contributed by atoms with E-state index < -0.39 is 57.7 Å². The molecule has 0 fully saturated rings. The summed E-state index contributed by atoms with van der Waals surface area (Å²) in [7, 11) is 0. The lowest BCUT2D eigenvalue weighted by Gasteiger charge is -2.32. The average Bonchev–Trinajstić information content (AvgIpc) is 2.72. The molecule has 0 spiro atoms. The molecule has 0 aliphatic rings. The zero-order chi connectivity index (χ0) is 25.5. The monoisotopic (exact) mass is 508 g/mol. The Kier molecular flexibility index (Phi) is 6.62. The lowest BCUT2D eigenvalue weighted by Crippen LogP contribution is -2.45. The van der Waals surface area contributed by atoms with E-state index in [4.69, 9.17) is 11.6 Å². The molecule has 1 N–H and O–H groups in total. The molecule has 12 heteroatoms. The van der Waals surface area contributed by atoms with Gasteiger partial charge in [-0.2, -0.15) is 26.3 Å². The Morgan fingerprint density at radius 2 is 1.53 bits per heavy atom. The lowest BCUT2D eigenvalue weighted by atomic mass is 9.86. The van der Waals surface area contributed by atoms with Crippen LogP contribution in [0.15, 0.2) is 54.7 Å². The molecule has 0 radical (unpaired) electrons. The van der Waals surface area contributed by atoms with Crippen LogP contribution in [0.2, 0.25) is 5.02 Å². The summed E-state index contributed by atoms with van der Waals surface area (Å²) in [5, 5.41) is 2.44. The van der Waals surface area contributed by atoms with Gasteiger partial charge in [0.2, 0.25) is 0 Å². The average molecular weight is 509 g/mol. The smallest absolute Gasteiger partial charge is 0.337 e. The molecule has 2 aromatic carbocycles. The summed E-state index contributed by atoms with van der Waals surface area (Å²) in [4.78, 5) is 16.8. The molecule has 1 heterocycles. The summed E-state index contributed by atoms with van der Waals surface area (Å²) in [5.41, 5.74) is -6.17. The summed E-state index contributed by atoms with van der Waals surface area (Å²) in [5.74, 6) is -4.10. The van der Waals surface area contributed by atoms with Crippen LogP contribution >= 0.6 is 11.6 Å². The number of hydrogen-bond donors (Lipinski definition) is 1. The molecule has 1 unspecified atom stereocenters. The van der Waals surface area contributed by atoms with E-state index in [1.54, 1.807) is 0 Å². The van der Waals surface area contributed by atoms with Gasteiger partial charge in [0.05, 0.1) is 21.8 Å². The first-order valence-corrected chi connectivity index (χ1v) is 9.68. The summed E-state index contributed by atoms with van der Waals surface area (Å²) >= 11 is 5.79. The second-order valence-corrected chi connectivity index (χ2v) is 7.80. The molecule has 34 heavy (non-hydrogen) atoms. The predicted molar refractivity (Wildman–Crippen MR) is 106 cm³/mol. The summed E-state index contributed by atoms with van der Waals surface area (Å²) in [6.07, 6.45) is -8.93. The van der Waals surface area contributed by atoms with E-state index in [0.29, 0.717) is 12.1 Å². The van der Waals surface area contributed by atoms with Crippen LogP contribution in [0.1, 0.15) is 39.7 Å². The van der Waals surface area contributed by atoms with Crippen molar-refractivity contribution < 1.29 is 39.9 Å². The van der Waals surface area contributed by atoms with Gasteiger partial charge in [-0.3, -0.25) is 9.78 Å².